The van der Waals surface area contributed by atoms with Gasteiger partial charge in [-0.2, -0.15) is 0 Å². The first-order valence-corrected chi connectivity index (χ1v) is 8.70. The molecule has 3 rings (SSSR count). The van der Waals surface area contributed by atoms with Crippen molar-refractivity contribution >= 4 is 0 Å². The smallest absolute Gasteiger partial charge is 0.161 e. The summed E-state index contributed by atoms with van der Waals surface area (Å²) in [6, 6.07) is 4.52. The lowest BCUT2D eigenvalue weighted by molar-refractivity contribution is -0.0191. The number of aliphatic hydroxyl groups excluding tert-OH is 1. The summed E-state index contributed by atoms with van der Waals surface area (Å²) in [5.74, 6) is 2.61. The minimum absolute atomic E-state index is 0.210. The predicted molar refractivity (Wildman–Crippen MR) is 91.1 cm³/mol. The molecule has 0 bridgehead atoms. The molecule has 0 aliphatic carbocycles. The van der Waals surface area contributed by atoms with Gasteiger partial charge in [0.05, 0.1) is 20.3 Å². The van der Waals surface area contributed by atoms with Crippen molar-refractivity contribution in [1.29, 1.82) is 0 Å². The van der Waals surface area contributed by atoms with E-state index in [-0.39, 0.29) is 6.10 Å². The zero-order valence-corrected chi connectivity index (χ0v) is 14.7. The summed E-state index contributed by atoms with van der Waals surface area (Å²) in [5.41, 5.74) is 2.63. The fraction of sp³-hybridized carbons (Fsp3) is 0.684. The summed E-state index contributed by atoms with van der Waals surface area (Å²) >= 11 is 0. The summed E-state index contributed by atoms with van der Waals surface area (Å²) in [6.45, 7) is 6.54. The van der Waals surface area contributed by atoms with Gasteiger partial charge in [0, 0.05) is 19.1 Å². The first-order valence-electron chi connectivity index (χ1n) is 8.70. The zero-order chi connectivity index (χ0) is 16.6. The maximum Gasteiger partial charge on any atom is 0.161 e. The number of methoxy groups -OCH3 is 2. The fourth-order valence-corrected chi connectivity index (χ4v) is 4.26. The molecule has 2 aliphatic rings. The molecule has 23 heavy (non-hydrogen) atoms. The third-order valence-corrected chi connectivity index (χ3v) is 5.37. The Bertz CT molecular complexity index is 558. The number of hydrogen-bond acceptors (Lipinski definition) is 4. The van der Waals surface area contributed by atoms with E-state index in [2.05, 4.69) is 30.9 Å². The van der Waals surface area contributed by atoms with Crippen LogP contribution in [-0.2, 0) is 6.42 Å². The van der Waals surface area contributed by atoms with Crippen LogP contribution in [0.1, 0.15) is 43.9 Å². The van der Waals surface area contributed by atoms with Crippen molar-refractivity contribution in [3.8, 4) is 11.5 Å². The van der Waals surface area contributed by atoms with Gasteiger partial charge in [0.1, 0.15) is 0 Å². The summed E-state index contributed by atoms with van der Waals surface area (Å²) in [7, 11) is 3.36. The van der Waals surface area contributed by atoms with Crippen molar-refractivity contribution < 1.29 is 14.6 Å². The van der Waals surface area contributed by atoms with Gasteiger partial charge in [-0.25, -0.2) is 0 Å². The van der Waals surface area contributed by atoms with Gasteiger partial charge in [-0.15, -0.1) is 0 Å². The average Bonchev–Trinajstić information content (AvgIpc) is 2.53. The Hall–Kier alpha value is -1.26. The van der Waals surface area contributed by atoms with Gasteiger partial charge in [-0.3, -0.25) is 4.90 Å². The van der Waals surface area contributed by atoms with Crippen LogP contribution in [0.5, 0.6) is 11.5 Å². The van der Waals surface area contributed by atoms with Crippen molar-refractivity contribution in [2.75, 3.05) is 27.3 Å². The van der Waals surface area contributed by atoms with Gasteiger partial charge in [-0.05, 0) is 54.4 Å². The van der Waals surface area contributed by atoms with E-state index < -0.39 is 0 Å². The Morgan fingerprint density at radius 1 is 1.22 bits per heavy atom. The molecular weight excluding hydrogens is 290 g/mol. The molecule has 128 valence electrons. The van der Waals surface area contributed by atoms with Gasteiger partial charge >= 0.3 is 0 Å². The molecule has 1 saturated heterocycles. The van der Waals surface area contributed by atoms with Crippen LogP contribution in [0.25, 0.3) is 0 Å². The summed E-state index contributed by atoms with van der Waals surface area (Å²) < 4.78 is 10.9. The number of ether oxygens (including phenoxy) is 2. The third-order valence-electron chi connectivity index (χ3n) is 5.37. The molecule has 0 aromatic heterocycles. The zero-order valence-electron chi connectivity index (χ0n) is 14.7. The molecule has 1 fully saturated rings. The molecule has 1 aromatic rings. The van der Waals surface area contributed by atoms with Crippen LogP contribution in [0, 0.1) is 11.8 Å². The molecule has 3 atom stereocenters. The first kappa shape index (κ1) is 16.6. The Balaban J connectivity index is 1.87. The highest BCUT2D eigenvalue weighted by atomic mass is 16.5. The lowest BCUT2D eigenvalue weighted by Gasteiger charge is -2.46. The summed E-state index contributed by atoms with van der Waals surface area (Å²) in [4.78, 5) is 2.55. The molecule has 0 amide bonds. The second-order valence-electron chi connectivity index (χ2n) is 7.36. The molecule has 1 aromatic carbocycles. The molecule has 4 heteroatoms. The minimum Gasteiger partial charge on any atom is -0.493 e. The Labute approximate surface area is 139 Å². The van der Waals surface area contributed by atoms with Crippen molar-refractivity contribution in [2.24, 2.45) is 11.8 Å². The number of hydrogen-bond donors (Lipinski definition) is 1. The predicted octanol–water partition coefficient (Wildman–Crippen LogP) is 3.03. The standard InChI is InChI=1S/C19H29NO3/c1-12(2)7-14-11-20-6-5-13-8-18(22-3)19(23-4)9-15(13)16(20)10-17(14)21/h8-9,12,14,16-17,21H,5-7,10-11H2,1-4H3/t14-,16?,17-/m0/s1. The van der Waals surface area contributed by atoms with E-state index in [4.69, 9.17) is 9.47 Å². The second-order valence-corrected chi connectivity index (χ2v) is 7.36. The Morgan fingerprint density at radius 2 is 1.91 bits per heavy atom. The van der Waals surface area contributed by atoms with Crippen molar-refractivity contribution in [3.63, 3.8) is 0 Å². The summed E-state index contributed by atoms with van der Waals surface area (Å²) in [5, 5.41) is 10.6. The van der Waals surface area contributed by atoms with Crippen LogP contribution in [0.3, 0.4) is 0 Å². The highest BCUT2D eigenvalue weighted by Crippen LogP contribution is 2.43. The maximum atomic E-state index is 10.6. The maximum absolute atomic E-state index is 10.6. The topological polar surface area (TPSA) is 41.9 Å². The molecular formula is C19H29NO3. The van der Waals surface area contributed by atoms with Gasteiger partial charge in [0.2, 0.25) is 0 Å². The molecule has 4 nitrogen and oxygen atoms in total. The van der Waals surface area contributed by atoms with E-state index in [9.17, 15) is 5.11 Å². The Morgan fingerprint density at radius 3 is 2.57 bits per heavy atom. The van der Waals surface area contributed by atoms with Crippen LogP contribution in [0.4, 0.5) is 0 Å². The molecule has 0 saturated carbocycles. The van der Waals surface area contributed by atoms with E-state index in [0.29, 0.717) is 17.9 Å². The fourth-order valence-electron chi connectivity index (χ4n) is 4.26. The SMILES string of the molecule is COc1cc2c(cc1OC)C1C[C@H](O)[C@@H](CC(C)C)CN1CC2. The van der Waals surface area contributed by atoms with Crippen LogP contribution in [-0.4, -0.2) is 43.4 Å². The summed E-state index contributed by atoms with van der Waals surface area (Å²) in [6.07, 6.45) is 2.75. The highest BCUT2D eigenvalue weighted by molar-refractivity contribution is 5.49. The van der Waals surface area contributed by atoms with Gasteiger partial charge in [0.15, 0.2) is 11.5 Å². The van der Waals surface area contributed by atoms with E-state index in [1.54, 1.807) is 14.2 Å². The van der Waals surface area contributed by atoms with Crippen molar-refractivity contribution in [1.82, 2.24) is 4.90 Å². The van der Waals surface area contributed by atoms with E-state index >= 15 is 0 Å². The largest absolute Gasteiger partial charge is 0.493 e. The number of aliphatic hydroxyl groups is 1. The van der Waals surface area contributed by atoms with Crippen molar-refractivity contribution in [3.05, 3.63) is 23.3 Å². The van der Waals surface area contributed by atoms with Crippen LogP contribution in [0.15, 0.2) is 12.1 Å². The number of piperidine rings is 1. The lowest BCUT2D eigenvalue weighted by atomic mass is 9.79. The number of fused-ring (bicyclic) bond motifs is 3. The molecule has 0 spiro atoms. The molecule has 0 radical (unpaired) electrons. The van der Waals surface area contributed by atoms with Crippen LogP contribution >= 0.6 is 0 Å². The molecule has 2 heterocycles. The number of benzene rings is 1. The van der Waals surface area contributed by atoms with Crippen LogP contribution in [0.2, 0.25) is 0 Å². The molecule has 2 aliphatic heterocycles. The molecule has 1 unspecified atom stereocenters. The number of nitrogens with zero attached hydrogens (tertiary/aromatic N) is 1. The number of rotatable bonds is 4. The monoisotopic (exact) mass is 319 g/mol. The average molecular weight is 319 g/mol. The van der Waals surface area contributed by atoms with Crippen LogP contribution < -0.4 is 9.47 Å². The van der Waals surface area contributed by atoms with E-state index in [1.807, 2.05) is 0 Å². The van der Waals surface area contributed by atoms with Gasteiger partial charge in [-0.1, -0.05) is 13.8 Å². The van der Waals surface area contributed by atoms with Gasteiger partial charge < -0.3 is 14.6 Å². The van der Waals surface area contributed by atoms with Crippen molar-refractivity contribution in [2.45, 2.75) is 45.3 Å². The minimum atomic E-state index is -0.210. The van der Waals surface area contributed by atoms with Gasteiger partial charge in [0.25, 0.3) is 0 Å². The highest BCUT2D eigenvalue weighted by Gasteiger charge is 2.38. The quantitative estimate of drug-likeness (QED) is 0.926. The first-order chi connectivity index (χ1) is 11.0. The normalized spacial score (nSPS) is 27.5. The van der Waals surface area contributed by atoms with E-state index in [1.165, 1.54) is 11.1 Å². The second kappa shape index (κ2) is 6.70. The Kier molecular flexibility index (Phi) is 4.83. The molecule has 1 N–H and O–H groups in total. The lowest BCUT2D eigenvalue weighted by Crippen LogP contribution is -2.48. The third kappa shape index (κ3) is 3.20. The van der Waals surface area contributed by atoms with E-state index in [0.717, 1.165) is 43.9 Å².